The Labute approximate surface area is 219 Å². The molecule has 0 radical (unpaired) electrons. The van der Waals surface area contributed by atoms with Gasteiger partial charge in [-0.2, -0.15) is 0 Å². The van der Waals surface area contributed by atoms with Crippen molar-refractivity contribution >= 4 is 39.3 Å². The number of thiazole rings is 1. The monoisotopic (exact) mass is 506 g/mol. The number of hydrogen-bond donors (Lipinski definition) is 2. The molecule has 0 atom stereocenters. The number of carbonyl (C=O) groups is 1. The van der Waals surface area contributed by atoms with Crippen molar-refractivity contribution in [2.24, 2.45) is 5.92 Å². The van der Waals surface area contributed by atoms with E-state index in [1.165, 1.54) is 11.3 Å². The number of fused-ring (bicyclic) bond motifs is 1. The summed E-state index contributed by atoms with van der Waals surface area (Å²) in [6.07, 6.45) is 8.05. The third-order valence-corrected chi connectivity index (χ3v) is 7.43. The Morgan fingerprint density at radius 1 is 1.03 bits per heavy atom. The Balaban J connectivity index is 1.32. The van der Waals surface area contributed by atoms with Crippen LogP contribution in [-0.4, -0.2) is 35.6 Å². The van der Waals surface area contributed by atoms with Gasteiger partial charge in [-0.25, -0.2) is 9.78 Å². The van der Waals surface area contributed by atoms with E-state index in [1.807, 2.05) is 49.5 Å². The number of esters is 1. The minimum Gasteiger partial charge on any atom is -0.461 e. The molecule has 2 aliphatic rings. The van der Waals surface area contributed by atoms with Crippen molar-refractivity contribution in [1.29, 1.82) is 0 Å². The van der Waals surface area contributed by atoms with Crippen LogP contribution in [0.25, 0.3) is 32.6 Å². The van der Waals surface area contributed by atoms with Crippen LogP contribution in [0.1, 0.15) is 27.4 Å². The van der Waals surface area contributed by atoms with Crippen molar-refractivity contribution < 1.29 is 9.53 Å². The van der Waals surface area contributed by atoms with Gasteiger partial charge in [0.2, 0.25) is 0 Å². The molecule has 1 fully saturated rings. The van der Waals surface area contributed by atoms with Crippen LogP contribution in [0.4, 0.5) is 0 Å². The second-order valence-electron chi connectivity index (χ2n) is 9.25. The summed E-state index contributed by atoms with van der Waals surface area (Å²) in [6.45, 7) is 4.24. The first-order valence-corrected chi connectivity index (χ1v) is 13.2. The Morgan fingerprint density at radius 2 is 1.86 bits per heavy atom. The summed E-state index contributed by atoms with van der Waals surface area (Å²) < 4.78 is 5.44. The lowest BCUT2D eigenvalue weighted by atomic mass is 9.97. The number of nitrogens with zero attached hydrogens (tertiary/aromatic N) is 2. The quantitative estimate of drug-likeness (QED) is 0.332. The minimum atomic E-state index is -0.358. The Bertz CT molecular complexity index is 1580. The van der Waals surface area contributed by atoms with Crippen LogP contribution < -0.4 is 10.6 Å². The van der Waals surface area contributed by atoms with Gasteiger partial charge in [-0.1, -0.05) is 42.5 Å². The number of rotatable bonds is 6. The third kappa shape index (κ3) is 4.96. The zero-order valence-electron chi connectivity index (χ0n) is 20.4. The molecule has 0 amide bonds. The van der Waals surface area contributed by atoms with E-state index in [1.54, 1.807) is 5.38 Å². The summed E-state index contributed by atoms with van der Waals surface area (Å²) in [6, 6.07) is 18.8. The second kappa shape index (κ2) is 10.1. The first-order valence-electron chi connectivity index (χ1n) is 12.3. The van der Waals surface area contributed by atoms with Crippen molar-refractivity contribution in [3.8, 4) is 10.6 Å². The molecule has 37 heavy (non-hydrogen) atoms. The summed E-state index contributed by atoms with van der Waals surface area (Å²) in [5.41, 5.74) is 6.33. The van der Waals surface area contributed by atoms with Gasteiger partial charge < -0.3 is 15.4 Å². The molecule has 2 aromatic carbocycles. The van der Waals surface area contributed by atoms with E-state index in [-0.39, 0.29) is 5.97 Å². The van der Waals surface area contributed by atoms with Crippen molar-refractivity contribution in [3.05, 3.63) is 107 Å². The highest BCUT2D eigenvalue weighted by atomic mass is 32.1. The second-order valence-corrected chi connectivity index (χ2v) is 10.1. The zero-order chi connectivity index (χ0) is 25.2. The minimum absolute atomic E-state index is 0.358. The molecule has 0 unspecified atom stereocenters. The lowest BCUT2D eigenvalue weighted by molar-refractivity contribution is 0.0392. The molecular formula is C30H26N4O2S. The summed E-state index contributed by atoms with van der Waals surface area (Å²) in [7, 11) is 0. The fourth-order valence-electron chi connectivity index (χ4n) is 4.42. The Kier molecular flexibility index (Phi) is 6.39. The molecule has 2 N–H and O–H groups in total. The first-order chi connectivity index (χ1) is 18.1. The fraction of sp³-hybridized carbons (Fsp3) is 0.167. The van der Waals surface area contributed by atoms with Gasteiger partial charge >= 0.3 is 5.97 Å². The summed E-state index contributed by atoms with van der Waals surface area (Å²) in [5.74, 6) is 0.0475. The predicted molar refractivity (Wildman–Crippen MR) is 149 cm³/mol. The number of aromatic nitrogens is 2. The number of pyridine rings is 1. The zero-order valence-corrected chi connectivity index (χ0v) is 21.2. The molecular weight excluding hydrogens is 480 g/mol. The van der Waals surface area contributed by atoms with E-state index >= 15 is 0 Å². The van der Waals surface area contributed by atoms with Crippen LogP contribution in [0.2, 0.25) is 0 Å². The van der Waals surface area contributed by atoms with Gasteiger partial charge in [-0.3, -0.25) is 4.98 Å². The molecule has 2 aliphatic heterocycles. The summed E-state index contributed by atoms with van der Waals surface area (Å²) in [4.78, 5) is 21.8. The number of nitrogens with one attached hydrogen (secondary N) is 2. The van der Waals surface area contributed by atoms with Gasteiger partial charge in [-0.05, 0) is 53.6 Å². The van der Waals surface area contributed by atoms with Crippen molar-refractivity contribution in [2.75, 3.05) is 19.7 Å². The van der Waals surface area contributed by atoms with Crippen LogP contribution >= 0.6 is 11.3 Å². The Morgan fingerprint density at radius 3 is 2.68 bits per heavy atom. The summed E-state index contributed by atoms with van der Waals surface area (Å²) in [5, 5.41) is 11.4. The lowest BCUT2D eigenvalue weighted by Crippen LogP contribution is -2.44. The van der Waals surface area contributed by atoms with E-state index in [2.05, 4.69) is 52.0 Å². The molecule has 0 aliphatic carbocycles. The average Bonchev–Trinajstić information content (AvgIpc) is 3.25. The van der Waals surface area contributed by atoms with Crippen LogP contribution in [0.15, 0.2) is 84.4 Å². The first kappa shape index (κ1) is 23.3. The number of allylic oxidation sites excluding steroid dienone is 4. The molecule has 6 nitrogen and oxygen atoms in total. The molecule has 0 bridgehead atoms. The largest absolute Gasteiger partial charge is 0.461 e. The summed E-state index contributed by atoms with van der Waals surface area (Å²) >= 11 is 1.46. The topological polar surface area (TPSA) is 76.1 Å². The number of ether oxygens (including phenoxy) is 1. The van der Waals surface area contributed by atoms with E-state index in [0.717, 1.165) is 62.7 Å². The fourth-order valence-corrected chi connectivity index (χ4v) is 5.20. The van der Waals surface area contributed by atoms with Crippen molar-refractivity contribution in [3.63, 3.8) is 0 Å². The van der Waals surface area contributed by atoms with E-state index in [4.69, 9.17) is 9.72 Å². The van der Waals surface area contributed by atoms with E-state index in [0.29, 0.717) is 18.2 Å². The molecule has 7 heteroatoms. The molecule has 4 aromatic rings. The number of hydrogen-bond acceptors (Lipinski definition) is 7. The molecule has 0 saturated carbocycles. The van der Waals surface area contributed by atoms with Gasteiger partial charge in [0.05, 0.1) is 18.0 Å². The molecule has 6 rings (SSSR count). The predicted octanol–water partition coefficient (Wildman–Crippen LogP) is 5.58. The SMILES string of the molecule is Cc1cccc(C2=C(c3ccc4ccc(-c5nc(C(=O)OCC6CNC6)cs5)cc4c3)C=CC=CN2)n1. The van der Waals surface area contributed by atoms with Crippen molar-refractivity contribution in [2.45, 2.75) is 6.92 Å². The van der Waals surface area contributed by atoms with Crippen LogP contribution in [0, 0.1) is 12.8 Å². The van der Waals surface area contributed by atoms with Gasteiger partial charge in [0.1, 0.15) is 5.01 Å². The number of carbonyl (C=O) groups excluding carboxylic acids is 1. The van der Waals surface area contributed by atoms with E-state index < -0.39 is 0 Å². The van der Waals surface area contributed by atoms with Crippen LogP contribution in [0.3, 0.4) is 0 Å². The lowest BCUT2D eigenvalue weighted by Gasteiger charge is -2.26. The smallest absolute Gasteiger partial charge is 0.357 e. The number of aryl methyl sites for hydroxylation is 1. The standard InChI is InChI=1S/C30H26N4O2S/c1-19-5-4-7-26(33-19)28-25(6-2-3-12-32-28)22-10-8-21-9-11-23(14-24(21)13-22)29-34-27(18-37-29)30(35)36-17-20-15-31-16-20/h2-14,18,20,31-32H,15-17H2,1H3. The highest BCUT2D eigenvalue weighted by Gasteiger charge is 2.20. The molecule has 1 saturated heterocycles. The maximum absolute atomic E-state index is 12.4. The average molecular weight is 507 g/mol. The van der Waals surface area contributed by atoms with Gasteiger partial charge in [-0.15, -0.1) is 11.3 Å². The molecule has 4 heterocycles. The number of benzene rings is 2. The van der Waals surface area contributed by atoms with Crippen LogP contribution in [-0.2, 0) is 4.74 Å². The Hall–Kier alpha value is -4.07. The normalized spacial score (nSPS) is 15.4. The van der Waals surface area contributed by atoms with Crippen LogP contribution in [0.5, 0.6) is 0 Å². The van der Waals surface area contributed by atoms with Crippen molar-refractivity contribution in [1.82, 2.24) is 20.6 Å². The maximum Gasteiger partial charge on any atom is 0.357 e. The molecule has 0 spiro atoms. The molecule has 2 aromatic heterocycles. The third-order valence-electron chi connectivity index (χ3n) is 6.54. The molecule has 184 valence electrons. The highest BCUT2D eigenvalue weighted by Crippen LogP contribution is 2.32. The maximum atomic E-state index is 12.4. The van der Waals surface area contributed by atoms with Gasteiger partial charge in [0.15, 0.2) is 5.69 Å². The van der Waals surface area contributed by atoms with E-state index in [9.17, 15) is 4.79 Å². The van der Waals surface area contributed by atoms with Gasteiger partial charge in [0, 0.05) is 47.4 Å². The highest BCUT2D eigenvalue weighted by molar-refractivity contribution is 7.13. The van der Waals surface area contributed by atoms with Gasteiger partial charge in [0.25, 0.3) is 0 Å².